The molecule has 5 heteroatoms. The van der Waals surface area contributed by atoms with Gasteiger partial charge in [0.2, 0.25) is 0 Å². The Bertz CT molecular complexity index is 654. The quantitative estimate of drug-likeness (QED) is 0.847. The van der Waals surface area contributed by atoms with Gasteiger partial charge in [-0.15, -0.1) is 0 Å². The number of rotatable bonds is 4. The molecule has 0 aromatic heterocycles. The third kappa shape index (κ3) is 3.45. The van der Waals surface area contributed by atoms with E-state index in [1.807, 2.05) is 43.3 Å². The molecule has 0 aliphatic carbocycles. The van der Waals surface area contributed by atoms with E-state index in [0.29, 0.717) is 22.7 Å². The first-order valence-corrected chi connectivity index (χ1v) is 6.58. The monoisotopic (exact) mass is 285 g/mol. The molecule has 0 aliphatic heterocycles. The van der Waals surface area contributed by atoms with Crippen molar-refractivity contribution in [1.82, 2.24) is 5.32 Å². The van der Waals surface area contributed by atoms with Gasteiger partial charge in [-0.25, -0.2) is 0 Å². The minimum Gasteiger partial charge on any atom is -0.455 e. The maximum atomic E-state index is 11.7. The third-order valence-electron chi connectivity index (χ3n) is 3.06. The molecule has 5 nitrogen and oxygen atoms in total. The fourth-order valence-corrected chi connectivity index (χ4v) is 1.86. The number of ether oxygens (including phenoxy) is 1. The van der Waals surface area contributed by atoms with Crippen LogP contribution in [0.5, 0.6) is 11.5 Å². The van der Waals surface area contributed by atoms with Gasteiger partial charge in [0.05, 0.1) is 5.69 Å². The zero-order chi connectivity index (χ0) is 15.4. The number of carbonyl (C=O) groups is 1. The Balaban J connectivity index is 2.30. The smallest absolute Gasteiger partial charge is 0.251 e. The Morgan fingerprint density at radius 3 is 2.62 bits per heavy atom. The second kappa shape index (κ2) is 6.17. The average molecular weight is 285 g/mol. The van der Waals surface area contributed by atoms with Crippen molar-refractivity contribution >= 4 is 17.3 Å². The van der Waals surface area contributed by atoms with Crippen LogP contribution in [0.2, 0.25) is 0 Å². The van der Waals surface area contributed by atoms with Gasteiger partial charge in [0, 0.05) is 38.5 Å². The van der Waals surface area contributed by atoms with E-state index < -0.39 is 0 Å². The number of nitrogens with zero attached hydrogens (tertiary/aromatic N) is 1. The van der Waals surface area contributed by atoms with E-state index in [-0.39, 0.29) is 5.91 Å². The molecule has 0 saturated heterocycles. The van der Waals surface area contributed by atoms with Crippen molar-refractivity contribution in [3.8, 4) is 11.5 Å². The first-order valence-electron chi connectivity index (χ1n) is 6.58. The Labute approximate surface area is 124 Å². The molecule has 0 bridgehead atoms. The molecule has 0 radical (unpaired) electrons. The van der Waals surface area contributed by atoms with Gasteiger partial charge in [-0.1, -0.05) is 6.07 Å². The Morgan fingerprint density at radius 1 is 1.19 bits per heavy atom. The van der Waals surface area contributed by atoms with Gasteiger partial charge in [0.15, 0.2) is 5.75 Å². The lowest BCUT2D eigenvalue weighted by Crippen LogP contribution is -2.17. The SMILES string of the molecule is CNC(=O)c1ccc(N)c(Oc2cccc(N(C)C)c2)c1. The van der Waals surface area contributed by atoms with Crippen LogP contribution in [0.4, 0.5) is 11.4 Å². The molecule has 0 heterocycles. The molecule has 21 heavy (non-hydrogen) atoms. The van der Waals surface area contributed by atoms with E-state index in [9.17, 15) is 4.79 Å². The fraction of sp³-hybridized carbons (Fsp3) is 0.188. The van der Waals surface area contributed by atoms with Gasteiger partial charge in [0.1, 0.15) is 5.75 Å². The maximum absolute atomic E-state index is 11.7. The second-order valence-corrected chi connectivity index (χ2v) is 4.83. The number of benzene rings is 2. The Morgan fingerprint density at radius 2 is 1.95 bits per heavy atom. The van der Waals surface area contributed by atoms with E-state index >= 15 is 0 Å². The van der Waals surface area contributed by atoms with Crippen LogP contribution in [-0.2, 0) is 0 Å². The second-order valence-electron chi connectivity index (χ2n) is 4.83. The van der Waals surface area contributed by atoms with Crippen LogP contribution in [0.15, 0.2) is 42.5 Å². The minimum absolute atomic E-state index is 0.179. The summed E-state index contributed by atoms with van der Waals surface area (Å²) < 4.78 is 5.80. The molecule has 2 aromatic carbocycles. The van der Waals surface area contributed by atoms with Crippen molar-refractivity contribution in [2.24, 2.45) is 0 Å². The summed E-state index contributed by atoms with van der Waals surface area (Å²) in [5.74, 6) is 0.954. The van der Waals surface area contributed by atoms with E-state index in [2.05, 4.69) is 5.32 Å². The van der Waals surface area contributed by atoms with Crippen molar-refractivity contribution in [3.63, 3.8) is 0 Å². The summed E-state index contributed by atoms with van der Waals surface area (Å²) in [6.45, 7) is 0. The lowest BCUT2D eigenvalue weighted by Gasteiger charge is -2.15. The standard InChI is InChI=1S/C16H19N3O2/c1-18-16(20)11-7-8-14(17)15(9-11)21-13-6-4-5-12(10-13)19(2)3/h4-10H,17H2,1-3H3,(H,18,20). The van der Waals surface area contributed by atoms with Gasteiger partial charge in [-0.05, 0) is 30.3 Å². The summed E-state index contributed by atoms with van der Waals surface area (Å²) in [5, 5.41) is 2.57. The molecule has 3 N–H and O–H groups in total. The van der Waals surface area contributed by atoms with Crippen LogP contribution < -0.4 is 20.7 Å². The largest absolute Gasteiger partial charge is 0.455 e. The average Bonchev–Trinajstić information content (AvgIpc) is 2.49. The van der Waals surface area contributed by atoms with E-state index in [1.165, 1.54) is 0 Å². The molecule has 0 atom stereocenters. The molecule has 0 unspecified atom stereocenters. The third-order valence-corrected chi connectivity index (χ3v) is 3.06. The molecule has 1 amide bonds. The van der Waals surface area contributed by atoms with Crippen molar-refractivity contribution in [2.45, 2.75) is 0 Å². The maximum Gasteiger partial charge on any atom is 0.251 e. The normalized spacial score (nSPS) is 10.0. The molecule has 2 aromatic rings. The van der Waals surface area contributed by atoms with Crippen LogP contribution in [0.1, 0.15) is 10.4 Å². The number of nitrogens with one attached hydrogen (secondary N) is 1. The lowest BCUT2D eigenvalue weighted by atomic mass is 10.2. The molecule has 110 valence electrons. The molecule has 0 fully saturated rings. The minimum atomic E-state index is -0.179. The summed E-state index contributed by atoms with van der Waals surface area (Å²) in [6.07, 6.45) is 0. The number of anilines is 2. The first-order chi connectivity index (χ1) is 10.0. The van der Waals surface area contributed by atoms with Crippen molar-refractivity contribution in [3.05, 3.63) is 48.0 Å². The number of hydrogen-bond acceptors (Lipinski definition) is 4. The highest BCUT2D eigenvalue weighted by molar-refractivity contribution is 5.95. The van der Waals surface area contributed by atoms with E-state index in [4.69, 9.17) is 10.5 Å². The molecular weight excluding hydrogens is 266 g/mol. The predicted molar refractivity (Wildman–Crippen MR) is 85.1 cm³/mol. The van der Waals surface area contributed by atoms with Crippen LogP contribution in [0.25, 0.3) is 0 Å². The summed E-state index contributed by atoms with van der Waals surface area (Å²) in [4.78, 5) is 13.6. The van der Waals surface area contributed by atoms with Gasteiger partial charge in [-0.3, -0.25) is 4.79 Å². The molecule has 2 rings (SSSR count). The lowest BCUT2D eigenvalue weighted by molar-refractivity contribution is 0.0963. The molecular formula is C16H19N3O2. The highest BCUT2D eigenvalue weighted by Crippen LogP contribution is 2.30. The number of nitrogen functional groups attached to an aromatic ring is 1. The van der Waals surface area contributed by atoms with Crippen LogP contribution in [0.3, 0.4) is 0 Å². The number of amides is 1. The zero-order valence-electron chi connectivity index (χ0n) is 12.4. The van der Waals surface area contributed by atoms with Crippen LogP contribution in [-0.4, -0.2) is 27.1 Å². The summed E-state index contributed by atoms with van der Waals surface area (Å²) in [7, 11) is 5.50. The predicted octanol–water partition coefficient (Wildman–Crippen LogP) is 2.49. The Kier molecular flexibility index (Phi) is 4.33. The van der Waals surface area contributed by atoms with E-state index in [0.717, 1.165) is 5.69 Å². The van der Waals surface area contributed by atoms with Crippen molar-refractivity contribution in [1.29, 1.82) is 0 Å². The summed E-state index contributed by atoms with van der Waals surface area (Å²) in [5.41, 5.74) is 7.92. The van der Waals surface area contributed by atoms with Crippen molar-refractivity contribution in [2.75, 3.05) is 31.8 Å². The molecule has 0 aliphatic rings. The summed E-state index contributed by atoms with van der Waals surface area (Å²) >= 11 is 0. The van der Waals surface area contributed by atoms with Gasteiger partial charge >= 0.3 is 0 Å². The van der Waals surface area contributed by atoms with Crippen LogP contribution in [0, 0.1) is 0 Å². The molecule has 0 saturated carbocycles. The number of nitrogens with two attached hydrogens (primary N) is 1. The molecule has 0 spiro atoms. The Hall–Kier alpha value is -2.69. The van der Waals surface area contributed by atoms with Gasteiger partial charge < -0.3 is 20.7 Å². The summed E-state index contributed by atoms with van der Waals surface area (Å²) in [6, 6.07) is 12.6. The number of carbonyl (C=O) groups excluding carboxylic acids is 1. The van der Waals surface area contributed by atoms with Crippen LogP contribution >= 0.6 is 0 Å². The van der Waals surface area contributed by atoms with E-state index in [1.54, 1.807) is 25.2 Å². The zero-order valence-corrected chi connectivity index (χ0v) is 12.4. The van der Waals surface area contributed by atoms with Crippen molar-refractivity contribution < 1.29 is 9.53 Å². The highest BCUT2D eigenvalue weighted by Gasteiger charge is 2.09. The fourth-order valence-electron chi connectivity index (χ4n) is 1.86. The van der Waals surface area contributed by atoms with Gasteiger partial charge in [0.25, 0.3) is 5.91 Å². The number of hydrogen-bond donors (Lipinski definition) is 2. The first kappa shape index (κ1) is 14.7. The van der Waals surface area contributed by atoms with Gasteiger partial charge in [-0.2, -0.15) is 0 Å². The topological polar surface area (TPSA) is 67.6 Å². The highest BCUT2D eigenvalue weighted by atomic mass is 16.5.